The van der Waals surface area contributed by atoms with E-state index in [-0.39, 0.29) is 18.0 Å². The average Bonchev–Trinajstić information content (AvgIpc) is 3.04. The highest BCUT2D eigenvalue weighted by molar-refractivity contribution is 7.90. The molecule has 0 aliphatic heterocycles. The molecule has 202 valence electrons. The van der Waals surface area contributed by atoms with Crippen molar-refractivity contribution in [2.24, 2.45) is 0 Å². The van der Waals surface area contributed by atoms with Crippen LogP contribution >= 0.6 is 0 Å². The second-order valence-electron chi connectivity index (χ2n) is 9.39. The molecule has 1 aromatic heterocycles. The van der Waals surface area contributed by atoms with Gasteiger partial charge >= 0.3 is 10.2 Å². The highest BCUT2D eigenvalue weighted by Gasteiger charge is 2.21. The van der Waals surface area contributed by atoms with E-state index in [1.807, 2.05) is 6.07 Å². The van der Waals surface area contributed by atoms with Gasteiger partial charge < -0.3 is 25.3 Å². The lowest BCUT2D eigenvalue weighted by Gasteiger charge is -2.21. The van der Waals surface area contributed by atoms with Crippen LogP contribution in [-0.2, 0) is 23.1 Å². The maximum Gasteiger partial charge on any atom is 0.301 e. The molecule has 10 heteroatoms. The molecule has 0 bridgehead atoms. The smallest absolute Gasteiger partial charge is 0.301 e. The summed E-state index contributed by atoms with van der Waals surface area (Å²) in [6.07, 6.45) is 5.06. The first-order valence-electron chi connectivity index (χ1n) is 13.1. The third kappa shape index (κ3) is 6.56. The summed E-state index contributed by atoms with van der Waals surface area (Å²) in [5, 5.41) is 25.2. The van der Waals surface area contributed by atoms with E-state index in [1.54, 1.807) is 19.9 Å². The van der Waals surface area contributed by atoms with Crippen molar-refractivity contribution < 1.29 is 23.4 Å². The van der Waals surface area contributed by atoms with E-state index < -0.39 is 16.3 Å². The Morgan fingerprint density at radius 1 is 1.08 bits per heavy atom. The van der Waals surface area contributed by atoms with Crippen LogP contribution in [0.2, 0.25) is 0 Å². The molecule has 0 amide bonds. The van der Waals surface area contributed by atoms with Gasteiger partial charge in [0.25, 0.3) is 0 Å². The first-order valence-corrected chi connectivity index (χ1v) is 14.5. The van der Waals surface area contributed by atoms with E-state index in [1.165, 1.54) is 52.3 Å². The van der Waals surface area contributed by atoms with Crippen molar-refractivity contribution in [3.8, 4) is 11.5 Å². The zero-order valence-electron chi connectivity index (χ0n) is 21.6. The zero-order valence-corrected chi connectivity index (χ0v) is 22.4. The average molecular weight is 531 g/mol. The third-order valence-corrected chi connectivity index (χ3v) is 8.57. The zero-order chi connectivity index (χ0) is 26.4. The quantitative estimate of drug-likeness (QED) is 0.138. The second-order valence-corrected chi connectivity index (χ2v) is 11.1. The molecule has 0 radical (unpaired) electrons. The minimum atomic E-state index is -3.80. The molecule has 3 aromatic rings. The van der Waals surface area contributed by atoms with Gasteiger partial charge in [-0.25, -0.2) is 0 Å². The maximum atomic E-state index is 12.5. The minimum absolute atomic E-state index is 0.0322. The van der Waals surface area contributed by atoms with Crippen LogP contribution in [0.25, 0.3) is 10.9 Å². The Morgan fingerprint density at radius 3 is 2.65 bits per heavy atom. The summed E-state index contributed by atoms with van der Waals surface area (Å²) in [6, 6.07) is 10.6. The third-order valence-electron chi connectivity index (χ3n) is 6.89. The summed E-state index contributed by atoms with van der Waals surface area (Å²) in [5.74, 6) is 0.619. The number of aromatic nitrogens is 1. The number of ether oxygens (including phenoxy) is 1. The van der Waals surface area contributed by atoms with Crippen molar-refractivity contribution in [3.63, 3.8) is 0 Å². The van der Waals surface area contributed by atoms with Crippen LogP contribution < -0.4 is 14.8 Å². The minimum Gasteiger partial charge on any atom is -0.506 e. The van der Waals surface area contributed by atoms with Crippen LogP contribution in [-0.4, -0.2) is 60.7 Å². The monoisotopic (exact) mass is 530 g/mol. The van der Waals surface area contributed by atoms with Crippen LogP contribution in [0.3, 0.4) is 0 Å². The number of phenolic OH excluding ortho intramolecular Hbond substituents is 1. The molecule has 4 rings (SSSR count). The summed E-state index contributed by atoms with van der Waals surface area (Å²) in [6.45, 7) is 5.32. The van der Waals surface area contributed by atoms with Gasteiger partial charge in [0.1, 0.15) is 18.1 Å². The fourth-order valence-corrected chi connectivity index (χ4v) is 6.11. The van der Waals surface area contributed by atoms with E-state index in [2.05, 4.69) is 27.2 Å². The van der Waals surface area contributed by atoms with E-state index in [9.17, 15) is 18.6 Å². The summed E-state index contributed by atoms with van der Waals surface area (Å²) < 4.78 is 34.6. The van der Waals surface area contributed by atoms with Crippen LogP contribution in [0.5, 0.6) is 11.5 Å². The molecule has 5 N–H and O–H groups in total. The molecule has 37 heavy (non-hydrogen) atoms. The van der Waals surface area contributed by atoms with Crippen molar-refractivity contribution >= 4 is 26.8 Å². The van der Waals surface area contributed by atoms with E-state index in [0.29, 0.717) is 31.8 Å². The van der Waals surface area contributed by atoms with Gasteiger partial charge in [-0.2, -0.15) is 12.7 Å². The van der Waals surface area contributed by atoms with Crippen LogP contribution in [0.15, 0.2) is 36.4 Å². The SMILES string of the molecule is CCN(CC)S(=O)(=O)Nc1cc(C(O)CNCCOc2ccc3[nH]c4c(c3c2)CCCCC4)ccc1O. The molecule has 0 fully saturated rings. The van der Waals surface area contributed by atoms with E-state index in [0.717, 1.165) is 24.1 Å². The first kappa shape index (κ1) is 27.3. The van der Waals surface area contributed by atoms with E-state index in [4.69, 9.17) is 4.74 Å². The number of nitrogens with one attached hydrogen (secondary N) is 3. The molecular formula is C27H38N4O5S. The molecule has 2 aromatic carbocycles. The van der Waals surface area contributed by atoms with Gasteiger partial charge in [0.15, 0.2) is 0 Å². The van der Waals surface area contributed by atoms with Crippen molar-refractivity contribution in [1.29, 1.82) is 0 Å². The molecular weight excluding hydrogens is 492 g/mol. The predicted molar refractivity (Wildman–Crippen MR) is 146 cm³/mol. The van der Waals surface area contributed by atoms with Gasteiger partial charge in [0.05, 0.1) is 11.8 Å². The number of phenols is 1. The summed E-state index contributed by atoms with van der Waals surface area (Å²) in [5.41, 5.74) is 4.46. The number of aliphatic hydroxyl groups is 1. The normalized spacial score (nSPS) is 14.9. The molecule has 1 atom stereocenters. The Bertz CT molecular complexity index is 1300. The number of nitrogens with zero attached hydrogens (tertiary/aromatic N) is 1. The fraction of sp³-hybridized carbons (Fsp3) is 0.481. The Kier molecular flexibility index (Phi) is 8.96. The van der Waals surface area contributed by atoms with Gasteiger partial charge in [-0.15, -0.1) is 0 Å². The fourth-order valence-electron chi connectivity index (χ4n) is 4.86. The number of fused-ring (bicyclic) bond motifs is 3. The summed E-state index contributed by atoms with van der Waals surface area (Å²) in [7, 11) is -3.80. The Balaban J connectivity index is 1.29. The number of anilines is 1. The highest BCUT2D eigenvalue weighted by Crippen LogP contribution is 2.31. The van der Waals surface area contributed by atoms with Crippen LogP contribution in [0.4, 0.5) is 5.69 Å². The second kappa shape index (κ2) is 12.2. The van der Waals surface area contributed by atoms with Crippen molar-refractivity contribution in [1.82, 2.24) is 14.6 Å². The molecule has 0 spiro atoms. The lowest BCUT2D eigenvalue weighted by molar-refractivity contribution is 0.172. The lowest BCUT2D eigenvalue weighted by Crippen LogP contribution is -2.35. The summed E-state index contributed by atoms with van der Waals surface area (Å²) >= 11 is 0. The number of benzene rings is 2. The van der Waals surface area contributed by atoms with E-state index >= 15 is 0 Å². The molecule has 9 nitrogen and oxygen atoms in total. The van der Waals surface area contributed by atoms with Gasteiger partial charge in [0, 0.05) is 42.8 Å². The predicted octanol–water partition coefficient (Wildman–Crippen LogP) is 3.84. The van der Waals surface area contributed by atoms with Gasteiger partial charge in [-0.1, -0.05) is 26.3 Å². The number of aromatic amines is 1. The van der Waals surface area contributed by atoms with Gasteiger partial charge in [-0.05, 0) is 67.1 Å². The van der Waals surface area contributed by atoms with Gasteiger partial charge in [-0.3, -0.25) is 4.72 Å². The van der Waals surface area contributed by atoms with Crippen molar-refractivity contribution in [2.75, 3.05) is 37.5 Å². The lowest BCUT2D eigenvalue weighted by atomic mass is 10.1. The molecule has 1 aliphatic carbocycles. The topological polar surface area (TPSA) is 127 Å². The molecule has 1 unspecified atom stereocenters. The van der Waals surface area contributed by atoms with Crippen molar-refractivity contribution in [3.05, 3.63) is 53.2 Å². The molecule has 1 aliphatic rings. The molecule has 0 saturated heterocycles. The number of aromatic hydroxyl groups is 1. The van der Waals surface area contributed by atoms with Crippen molar-refractivity contribution in [2.45, 2.75) is 52.1 Å². The summed E-state index contributed by atoms with van der Waals surface area (Å²) in [4.78, 5) is 3.57. The molecule has 0 saturated carbocycles. The van der Waals surface area contributed by atoms with Crippen LogP contribution in [0.1, 0.15) is 56.0 Å². The standard InChI is InChI=1S/C27H38N4O5S/c1-3-31(4-2)37(34,35)30-25-16-19(10-13-26(25)32)27(33)18-28-14-15-36-20-11-12-24-22(17-20)21-8-6-5-7-9-23(21)29-24/h10-13,16-17,27-30,32-33H,3-9,14-15,18H2,1-2H3. The number of aliphatic hydroxyl groups excluding tert-OH is 1. The number of rotatable bonds is 12. The Hall–Kier alpha value is -2.79. The Labute approximate surface area is 219 Å². The number of hydrogen-bond acceptors (Lipinski definition) is 6. The number of hydrogen-bond donors (Lipinski definition) is 5. The first-order chi connectivity index (χ1) is 17.8. The highest BCUT2D eigenvalue weighted by atomic mass is 32.2. The number of H-pyrrole nitrogens is 1. The Morgan fingerprint density at radius 2 is 1.86 bits per heavy atom. The largest absolute Gasteiger partial charge is 0.506 e. The molecule has 1 heterocycles. The number of aryl methyl sites for hydroxylation is 2. The van der Waals surface area contributed by atoms with Gasteiger partial charge in [0.2, 0.25) is 0 Å². The van der Waals surface area contributed by atoms with Crippen LogP contribution in [0, 0.1) is 0 Å². The maximum absolute atomic E-state index is 12.5.